The number of amides is 1. The Morgan fingerprint density at radius 1 is 1.24 bits per heavy atom. The van der Waals surface area contributed by atoms with Gasteiger partial charge in [0.25, 0.3) is 5.91 Å². The molecule has 0 spiro atoms. The molecular weight excluding hydrogens is 392 g/mol. The van der Waals surface area contributed by atoms with Gasteiger partial charge >= 0.3 is 0 Å². The molecule has 29 heavy (non-hydrogen) atoms. The number of aromatic nitrogens is 3. The summed E-state index contributed by atoms with van der Waals surface area (Å²) >= 11 is 1.44. The molecule has 1 fully saturated rings. The Hall–Kier alpha value is -3.14. The van der Waals surface area contributed by atoms with E-state index in [1.54, 1.807) is 36.9 Å². The summed E-state index contributed by atoms with van der Waals surface area (Å²) in [5.74, 6) is 2.29. The quantitative estimate of drug-likeness (QED) is 0.673. The van der Waals surface area contributed by atoms with Crippen LogP contribution in [0.4, 0.5) is 11.8 Å². The van der Waals surface area contributed by atoms with E-state index in [1.165, 1.54) is 11.3 Å². The van der Waals surface area contributed by atoms with Gasteiger partial charge in [-0.3, -0.25) is 4.79 Å². The number of fused-ring (bicyclic) bond motifs is 1. The van der Waals surface area contributed by atoms with Gasteiger partial charge in [0.15, 0.2) is 17.3 Å². The van der Waals surface area contributed by atoms with Crippen molar-refractivity contribution in [1.29, 1.82) is 0 Å². The smallest absolute Gasteiger partial charge is 0.260 e. The molecule has 1 amide bonds. The van der Waals surface area contributed by atoms with Gasteiger partial charge in [0.05, 0.1) is 12.6 Å². The van der Waals surface area contributed by atoms with E-state index in [0.29, 0.717) is 25.4 Å². The van der Waals surface area contributed by atoms with Crippen LogP contribution in [0.15, 0.2) is 29.8 Å². The third-order valence-electron chi connectivity index (χ3n) is 4.87. The van der Waals surface area contributed by atoms with Gasteiger partial charge in [-0.1, -0.05) is 0 Å². The zero-order chi connectivity index (χ0) is 20.4. The number of anilines is 2. The number of thiazole rings is 1. The van der Waals surface area contributed by atoms with E-state index >= 15 is 0 Å². The highest BCUT2D eigenvalue weighted by Crippen LogP contribution is 2.28. The number of methoxy groups -OCH3 is 1. The Labute approximate surface area is 172 Å². The zero-order valence-electron chi connectivity index (χ0n) is 16.2. The van der Waals surface area contributed by atoms with Crippen LogP contribution < -0.4 is 20.1 Å². The van der Waals surface area contributed by atoms with Crippen molar-refractivity contribution in [3.05, 3.63) is 29.8 Å². The third kappa shape index (κ3) is 4.02. The van der Waals surface area contributed by atoms with Gasteiger partial charge < -0.3 is 25.0 Å². The molecule has 0 aliphatic carbocycles. The van der Waals surface area contributed by atoms with E-state index in [4.69, 9.17) is 15.2 Å². The number of carbonyl (C=O) groups excluding carboxylic acids is 1. The highest BCUT2D eigenvalue weighted by molar-refractivity contribution is 7.16. The van der Waals surface area contributed by atoms with Crippen LogP contribution in [0.2, 0.25) is 0 Å². The van der Waals surface area contributed by atoms with Crippen LogP contribution in [0.3, 0.4) is 0 Å². The van der Waals surface area contributed by atoms with Crippen LogP contribution >= 0.6 is 11.3 Å². The van der Waals surface area contributed by atoms with Gasteiger partial charge in [-0.05, 0) is 31.2 Å². The summed E-state index contributed by atoms with van der Waals surface area (Å²) in [5, 5.41) is 0. The van der Waals surface area contributed by atoms with Crippen LogP contribution in [-0.4, -0.2) is 65.2 Å². The fourth-order valence-electron chi connectivity index (χ4n) is 3.37. The second kappa shape index (κ2) is 8.08. The number of rotatable bonds is 5. The highest BCUT2D eigenvalue weighted by atomic mass is 32.1. The van der Waals surface area contributed by atoms with Crippen LogP contribution in [-0.2, 0) is 4.79 Å². The van der Waals surface area contributed by atoms with Crippen molar-refractivity contribution in [2.24, 2.45) is 0 Å². The molecule has 3 heterocycles. The first kappa shape index (κ1) is 19.2. The predicted octanol–water partition coefficient (Wildman–Crippen LogP) is 1.79. The molecule has 3 aromatic rings. The molecule has 2 aromatic heterocycles. The lowest BCUT2D eigenvalue weighted by atomic mass is 10.2. The average Bonchev–Trinajstić information content (AvgIpc) is 3.20. The molecule has 1 aliphatic rings. The number of carbonyl (C=O) groups is 1. The first-order valence-electron chi connectivity index (χ1n) is 9.23. The standard InChI is InChI=1S/C19H22N6O3S/c1-12-9-24(15(26)10-28-14-5-3-13(27-2)4-6-14)7-8-25(12)17-16-18(29-11-21-16)23-19(20)22-17/h3-6,11-12H,7-10H2,1-2H3,(H2,20,22,23). The molecule has 1 aliphatic heterocycles. The maximum atomic E-state index is 12.6. The van der Waals surface area contributed by atoms with Gasteiger partial charge in [0.1, 0.15) is 17.0 Å². The molecule has 1 atom stereocenters. The summed E-state index contributed by atoms with van der Waals surface area (Å²) in [7, 11) is 1.61. The Balaban J connectivity index is 1.39. The van der Waals surface area contributed by atoms with E-state index < -0.39 is 0 Å². The van der Waals surface area contributed by atoms with Gasteiger partial charge in [0.2, 0.25) is 5.95 Å². The first-order valence-corrected chi connectivity index (χ1v) is 10.1. The lowest BCUT2D eigenvalue weighted by Crippen LogP contribution is -2.55. The van der Waals surface area contributed by atoms with Crippen LogP contribution in [0.25, 0.3) is 10.3 Å². The van der Waals surface area contributed by atoms with Crippen molar-refractivity contribution < 1.29 is 14.3 Å². The maximum absolute atomic E-state index is 12.6. The zero-order valence-corrected chi connectivity index (χ0v) is 17.1. The summed E-state index contributed by atoms with van der Waals surface area (Å²) in [4.78, 5) is 30.3. The molecule has 0 radical (unpaired) electrons. The van der Waals surface area contributed by atoms with Crippen molar-refractivity contribution >= 4 is 39.4 Å². The van der Waals surface area contributed by atoms with Crippen LogP contribution in [0.5, 0.6) is 11.5 Å². The topological polar surface area (TPSA) is 107 Å². The van der Waals surface area contributed by atoms with Crippen LogP contribution in [0, 0.1) is 0 Å². The van der Waals surface area contributed by atoms with E-state index in [9.17, 15) is 4.79 Å². The summed E-state index contributed by atoms with van der Waals surface area (Å²) in [5.41, 5.74) is 8.35. The Kier molecular flexibility index (Phi) is 5.34. The molecule has 1 aromatic carbocycles. The SMILES string of the molecule is COc1ccc(OCC(=O)N2CCN(c3nc(N)nc4scnc34)C(C)C2)cc1. The normalized spacial score (nSPS) is 16.8. The minimum absolute atomic E-state index is 0.00413. The Bertz CT molecular complexity index is 1010. The number of piperazine rings is 1. The minimum Gasteiger partial charge on any atom is -0.497 e. The summed E-state index contributed by atoms with van der Waals surface area (Å²) in [6, 6.07) is 7.23. The van der Waals surface area contributed by atoms with E-state index in [-0.39, 0.29) is 24.5 Å². The maximum Gasteiger partial charge on any atom is 0.260 e. The Morgan fingerprint density at radius 3 is 2.72 bits per heavy atom. The highest BCUT2D eigenvalue weighted by Gasteiger charge is 2.29. The summed E-state index contributed by atoms with van der Waals surface area (Å²) in [6.07, 6.45) is 0. The number of hydrogen-bond donors (Lipinski definition) is 1. The van der Waals surface area contributed by atoms with E-state index in [0.717, 1.165) is 21.9 Å². The fourth-order valence-corrected chi connectivity index (χ4v) is 4.03. The molecule has 1 saturated heterocycles. The van der Waals surface area contributed by atoms with Crippen molar-refractivity contribution in [1.82, 2.24) is 19.9 Å². The second-order valence-corrected chi connectivity index (χ2v) is 7.59. The number of nitrogens with two attached hydrogens (primary N) is 1. The van der Waals surface area contributed by atoms with E-state index in [1.807, 2.05) is 4.90 Å². The molecule has 0 saturated carbocycles. The number of ether oxygens (including phenoxy) is 2. The van der Waals surface area contributed by atoms with Gasteiger partial charge in [-0.2, -0.15) is 4.98 Å². The average molecular weight is 414 g/mol. The monoisotopic (exact) mass is 414 g/mol. The lowest BCUT2D eigenvalue weighted by molar-refractivity contribution is -0.134. The van der Waals surface area contributed by atoms with Crippen molar-refractivity contribution in [3.63, 3.8) is 0 Å². The minimum atomic E-state index is -0.0478. The van der Waals surface area contributed by atoms with E-state index in [2.05, 4.69) is 26.8 Å². The van der Waals surface area contributed by atoms with Crippen molar-refractivity contribution in [2.75, 3.05) is 44.0 Å². The molecular formula is C19H22N6O3S. The first-order chi connectivity index (χ1) is 14.0. The summed E-state index contributed by atoms with van der Waals surface area (Å²) in [6.45, 7) is 3.83. The molecule has 2 N–H and O–H groups in total. The molecule has 9 nitrogen and oxygen atoms in total. The van der Waals surface area contributed by atoms with Crippen LogP contribution in [0.1, 0.15) is 6.92 Å². The van der Waals surface area contributed by atoms with Gasteiger partial charge in [-0.25, -0.2) is 9.97 Å². The molecule has 0 bridgehead atoms. The second-order valence-electron chi connectivity index (χ2n) is 6.76. The molecule has 4 rings (SSSR count). The molecule has 1 unspecified atom stereocenters. The van der Waals surface area contributed by atoms with Gasteiger partial charge in [-0.15, -0.1) is 11.3 Å². The van der Waals surface area contributed by atoms with Gasteiger partial charge in [0, 0.05) is 25.7 Å². The fraction of sp³-hybridized carbons (Fsp3) is 0.368. The molecule has 152 valence electrons. The predicted molar refractivity (Wildman–Crippen MR) is 111 cm³/mol. The van der Waals surface area contributed by atoms with Crippen molar-refractivity contribution in [3.8, 4) is 11.5 Å². The lowest BCUT2D eigenvalue weighted by Gasteiger charge is -2.40. The number of nitrogens with zero attached hydrogens (tertiary/aromatic N) is 5. The molecule has 10 heteroatoms. The van der Waals surface area contributed by atoms with Crippen molar-refractivity contribution in [2.45, 2.75) is 13.0 Å². The third-order valence-corrected chi connectivity index (χ3v) is 5.59. The largest absolute Gasteiger partial charge is 0.497 e. The number of nitrogen functional groups attached to an aromatic ring is 1. The summed E-state index contributed by atoms with van der Waals surface area (Å²) < 4.78 is 10.7. The Morgan fingerprint density at radius 2 is 2.00 bits per heavy atom. The number of benzene rings is 1. The number of hydrogen-bond acceptors (Lipinski definition) is 9.